The molecule has 1 amide bonds. The van der Waals surface area contributed by atoms with Crippen molar-refractivity contribution in [1.82, 2.24) is 9.38 Å². The Morgan fingerprint density at radius 3 is 2.62 bits per heavy atom. The predicted molar refractivity (Wildman–Crippen MR) is 93.6 cm³/mol. The molecule has 0 aliphatic carbocycles. The molecule has 3 aromatic rings. The number of imidazole rings is 1. The van der Waals surface area contributed by atoms with Crippen LogP contribution in [-0.4, -0.2) is 15.3 Å². The number of amides is 1. The Morgan fingerprint density at radius 1 is 1.23 bits per heavy atom. The second-order valence-electron chi connectivity index (χ2n) is 5.73. The van der Waals surface area contributed by atoms with E-state index in [4.69, 9.17) is 11.6 Å². The van der Waals surface area contributed by atoms with E-state index in [0.717, 1.165) is 12.3 Å². The van der Waals surface area contributed by atoms with Crippen LogP contribution in [0.5, 0.6) is 0 Å². The molecule has 2 aromatic heterocycles. The van der Waals surface area contributed by atoms with Crippen molar-refractivity contribution in [3.63, 3.8) is 0 Å². The second-order valence-corrected chi connectivity index (χ2v) is 6.14. The van der Waals surface area contributed by atoms with Crippen LogP contribution in [0.25, 0.3) is 5.65 Å². The highest BCUT2D eigenvalue weighted by atomic mass is 35.5. The minimum atomic E-state index is -4.51. The van der Waals surface area contributed by atoms with Gasteiger partial charge in [-0.25, -0.2) is 4.98 Å². The lowest BCUT2D eigenvalue weighted by Gasteiger charge is -2.10. The number of aromatic nitrogens is 2. The van der Waals surface area contributed by atoms with E-state index in [9.17, 15) is 18.0 Å². The molecule has 2 heterocycles. The molecule has 3 rings (SSSR count). The van der Waals surface area contributed by atoms with E-state index in [2.05, 4.69) is 10.3 Å². The molecule has 0 saturated heterocycles. The van der Waals surface area contributed by atoms with Crippen LogP contribution in [0.4, 0.5) is 18.9 Å². The van der Waals surface area contributed by atoms with Crippen LogP contribution in [-0.2, 0) is 12.6 Å². The predicted octanol–water partition coefficient (Wildman–Crippen LogP) is 5.21. The SMILES string of the molecule is CCCc1nc2ccc(C(F)(F)F)cn2c1C(=O)Nc1ccccc1Cl. The third-order valence-electron chi connectivity index (χ3n) is 3.84. The molecule has 136 valence electrons. The smallest absolute Gasteiger partial charge is 0.319 e. The molecule has 0 bridgehead atoms. The quantitative estimate of drug-likeness (QED) is 0.674. The van der Waals surface area contributed by atoms with Crippen LogP contribution in [0.15, 0.2) is 42.6 Å². The molecule has 0 atom stereocenters. The Balaban J connectivity index is 2.10. The number of alkyl halides is 3. The van der Waals surface area contributed by atoms with Gasteiger partial charge >= 0.3 is 6.18 Å². The van der Waals surface area contributed by atoms with Gasteiger partial charge in [0.05, 0.1) is 22.0 Å². The summed E-state index contributed by atoms with van der Waals surface area (Å²) in [5.41, 5.74) is 0.329. The summed E-state index contributed by atoms with van der Waals surface area (Å²) in [4.78, 5) is 17.1. The zero-order valence-electron chi connectivity index (χ0n) is 13.8. The minimum Gasteiger partial charge on any atom is -0.319 e. The van der Waals surface area contributed by atoms with Gasteiger partial charge in [0, 0.05) is 6.20 Å². The number of benzene rings is 1. The molecular weight excluding hydrogens is 367 g/mol. The number of hydrogen-bond donors (Lipinski definition) is 1. The van der Waals surface area contributed by atoms with Crippen LogP contribution in [0.3, 0.4) is 0 Å². The van der Waals surface area contributed by atoms with Crippen LogP contribution < -0.4 is 5.32 Å². The Kier molecular flexibility index (Phi) is 4.91. The lowest BCUT2D eigenvalue weighted by atomic mass is 10.2. The van der Waals surface area contributed by atoms with Crippen molar-refractivity contribution >= 4 is 28.8 Å². The molecule has 0 aliphatic heterocycles. The third kappa shape index (κ3) is 3.53. The first kappa shape index (κ1) is 18.3. The number of aryl methyl sites for hydroxylation is 1. The van der Waals surface area contributed by atoms with E-state index in [-0.39, 0.29) is 11.3 Å². The summed E-state index contributed by atoms with van der Waals surface area (Å²) in [6.07, 6.45) is -2.46. The van der Waals surface area contributed by atoms with Crippen molar-refractivity contribution in [2.45, 2.75) is 25.9 Å². The largest absolute Gasteiger partial charge is 0.417 e. The van der Waals surface area contributed by atoms with Gasteiger partial charge in [-0.2, -0.15) is 13.2 Å². The third-order valence-corrected chi connectivity index (χ3v) is 4.17. The number of halogens is 4. The second kappa shape index (κ2) is 6.99. The average Bonchev–Trinajstić information content (AvgIpc) is 2.93. The topological polar surface area (TPSA) is 46.4 Å². The number of hydrogen-bond acceptors (Lipinski definition) is 2. The first-order chi connectivity index (χ1) is 12.3. The molecule has 0 saturated carbocycles. The summed E-state index contributed by atoms with van der Waals surface area (Å²) in [5.74, 6) is -0.562. The maximum atomic E-state index is 13.1. The standard InChI is InChI=1S/C18H15ClF3N3O/c1-2-5-14-16(17(26)24-13-7-4-3-6-12(13)19)25-10-11(18(20,21)22)8-9-15(25)23-14/h3-4,6-10H,2,5H2,1H3,(H,24,26). The van der Waals surface area contributed by atoms with Gasteiger partial charge in [0.2, 0.25) is 0 Å². The van der Waals surface area contributed by atoms with Gasteiger partial charge in [-0.1, -0.05) is 37.1 Å². The van der Waals surface area contributed by atoms with Gasteiger partial charge in [0.25, 0.3) is 5.91 Å². The number of rotatable bonds is 4. The van der Waals surface area contributed by atoms with Gasteiger partial charge in [-0.15, -0.1) is 0 Å². The van der Waals surface area contributed by atoms with Crippen molar-refractivity contribution in [1.29, 1.82) is 0 Å². The van der Waals surface area contributed by atoms with Crippen molar-refractivity contribution in [2.75, 3.05) is 5.32 Å². The fourth-order valence-corrected chi connectivity index (χ4v) is 2.84. The van der Waals surface area contributed by atoms with Gasteiger partial charge in [0.1, 0.15) is 11.3 Å². The molecule has 0 aliphatic rings. The molecule has 0 spiro atoms. The number of fused-ring (bicyclic) bond motifs is 1. The highest BCUT2D eigenvalue weighted by Crippen LogP contribution is 2.30. The van der Waals surface area contributed by atoms with Crippen molar-refractivity contribution in [3.05, 3.63) is 64.6 Å². The number of pyridine rings is 1. The molecule has 8 heteroatoms. The van der Waals surface area contributed by atoms with Gasteiger partial charge < -0.3 is 5.32 Å². The van der Waals surface area contributed by atoms with Gasteiger partial charge in [-0.3, -0.25) is 9.20 Å². The number of carbonyl (C=O) groups excluding carboxylic acids is 1. The Bertz CT molecular complexity index is 966. The first-order valence-corrected chi connectivity index (χ1v) is 8.33. The van der Waals surface area contributed by atoms with Crippen LogP contribution in [0.2, 0.25) is 5.02 Å². The summed E-state index contributed by atoms with van der Waals surface area (Å²) in [7, 11) is 0. The van der Waals surface area contributed by atoms with E-state index >= 15 is 0 Å². The van der Waals surface area contributed by atoms with E-state index in [1.807, 2.05) is 6.92 Å². The average molecular weight is 382 g/mol. The first-order valence-electron chi connectivity index (χ1n) is 7.95. The van der Waals surface area contributed by atoms with Gasteiger partial charge in [0.15, 0.2) is 0 Å². The number of anilines is 1. The molecule has 1 aromatic carbocycles. The molecule has 26 heavy (non-hydrogen) atoms. The summed E-state index contributed by atoms with van der Waals surface area (Å²) >= 11 is 6.05. The van der Waals surface area contributed by atoms with Gasteiger partial charge in [-0.05, 0) is 30.7 Å². The summed E-state index contributed by atoms with van der Waals surface area (Å²) < 4.78 is 40.3. The summed E-state index contributed by atoms with van der Waals surface area (Å²) in [5, 5.41) is 2.98. The maximum absolute atomic E-state index is 13.1. The number of nitrogens with zero attached hydrogens (tertiary/aromatic N) is 2. The number of para-hydroxylation sites is 1. The lowest BCUT2D eigenvalue weighted by Crippen LogP contribution is -2.17. The Labute approximate surface area is 152 Å². The van der Waals surface area contributed by atoms with Crippen molar-refractivity contribution in [2.24, 2.45) is 0 Å². The Hall–Kier alpha value is -2.54. The van der Waals surface area contributed by atoms with E-state index < -0.39 is 17.6 Å². The molecule has 0 radical (unpaired) electrons. The maximum Gasteiger partial charge on any atom is 0.417 e. The Morgan fingerprint density at radius 2 is 1.96 bits per heavy atom. The molecule has 1 N–H and O–H groups in total. The molecular formula is C18H15ClF3N3O. The molecule has 0 unspecified atom stereocenters. The van der Waals surface area contributed by atoms with Crippen molar-refractivity contribution in [3.8, 4) is 0 Å². The monoisotopic (exact) mass is 381 g/mol. The van der Waals surface area contributed by atoms with Crippen LogP contribution in [0.1, 0.15) is 35.1 Å². The molecule has 4 nitrogen and oxygen atoms in total. The fraction of sp³-hybridized carbons (Fsp3) is 0.222. The normalized spacial score (nSPS) is 11.7. The minimum absolute atomic E-state index is 0.0767. The van der Waals surface area contributed by atoms with Crippen molar-refractivity contribution < 1.29 is 18.0 Å². The zero-order chi connectivity index (χ0) is 18.9. The van der Waals surface area contributed by atoms with E-state index in [1.54, 1.807) is 24.3 Å². The highest BCUT2D eigenvalue weighted by Gasteiger charge is 2.32. The summed E-state index contributed by atoms with van der Waals surface area (Å²) in [6.45, 7) is 1.90. The molecule has 0 fully saturated rings. The van der Waals surface area contributed by atoms with E-state index in [1.165, 1.54) is 10.5 Å². The fourth-order valence-electron chi connectivity index (χ4n) is 2.66. The van der Waals surface area contributed by atoms with Crippen LogP contribution >= 0.6 is 11.6 Å². The lowest BCUT2D eigenvalue weighted by molar-refractivity contribution is -0.137. The summed E-state index contributed by atoms with van der Waals surface area (Å²) in [6, 6.07) is 8.85. The number of nitrogens with one attached hydrogen (secondary N) is 1. The van der Waals surface area contributed by atoms with Crippen LogP contribution in [0, 0.1) is 0 Å². The van der Waals surface area contributed by atoms with E-state index in [0.29, 0.717) is 29.2 Å². The number of carbonyl (C=O) groups is 1. The zero-order valence-corrected chi connectivity index (χ0v) is 14.5. The highest BCUT2D eigenvalue weighted by molar-refractivity contribution is 6.33.